The summed E-state index contributed by atoms with van der Waals surface area (Å²) in [5.74, 6) is 0.479. The Morgan fingerprint density at radius 1 is 1.50 bits per heavy atom. The van der Waals surface area contributed by atoms with E-state index >= 15 is 0 Å². The van der Waals surface area contributed by atoms with E-state index in [-0.39, 0.29) is 11.6 Å². The van der Waals surface area contributed by atoms with E-state index in [4.69, 9.17) is 10.5 Å². The Hall–Kier alpha value is -2.08. The Morgan fingerprint density at radius 3 is 3.17 bits per heavy atom. The second-order valence-corrected chi connectivity index (χ2v) is 4.40. The van der Waals surface area contributed by atoms with Gasteiger partial charge in [0, 0.05) is 12.3 Å². The van der Waals surface area contributed by atoms with Gasteiger partial charge in [0.15, 0.2) is 0 Å². The number of aromatic amines is 1. The maximum Gasteiger partial charge on any atom is 0.260 e. The third kappa shape index (κ3) is 2.02. The van der Waals surface area contributed by atoms with Crippen LogP contribution in [0.5, 0.6) is 0 Å². The van der Waals surface area contributed by atoms with Crippen molar-refractivity contribution < 1.29 is 4.74 Å². The lowest BCUT2D eigenvalue weighted by atomic mass is 10.2. The van der Waals surface area contributed by atoms with Crippen LogP contribution < -0.4 is 16.6 Å². The van der Waals surface area contributed by atoms with Crippen molar-refractivity contribution in [3.63, 3.8) is 0 Å². The van der Waals surface area contributed by atoms with Crippen molar-refractivity contribution in [3.8, 4) is 0 Å². The lowest BCUT2D eigenvalue weighted by molar-refractivity contribution is 0.195. The first kappa shape index (κ1) is 11.0. The van der Waals surface area contributed by atoms with Crippen molar-refractivity contribution >= 4 is 22.5 Å². The molecule has 0 radical (unpaired) electrons. The van der Waals surface area contributed by atoms with Gasteiger partial charge in [-0.3, -0.25) is 9.78 Å². The smallest absolute Gasteiger partial charge is 0.260 e. The molecule has 3 rings (SSSR count). The highest BCUT2D eigenvalue weighted by atomic mass is 16.5. The second-order valence-electron chi connectivity index (χ2n) is 4.40. The minimum Gasteiger partial charge on any atom is -0.399 e. The molecule has 0 bridgehead atoms. The highest BCUT2D eigenvalue weighted by Crippen LogP contribution is 2.14. The largest absolute Gasteiger partial charge is 0.399 e. The predicted molar refractivity (Wildman–Crippen MR) is 69.6 cm³/mol. The molecule has 1 saturated heterocycles. The van der Waals surface area contributed by atoms with Crippen LogP contribution in [0.15, 0.2) is 23.0 Å². The van der Waals surface area contributed by atoms with Crippen LogP contribution in [-0.4, -0.2) is 29.2 Å². The number of nitrogens with two attached hydrogens (primary N) is 1. The maximum absolute atomic E-state index is 11.9. The van der Waals surface area contributed by atoms with E-state index in [2.05, 4.69) is 15.3 Å². The van der Waals surface area contributed by atoms with Gasteiger partial charge in [-0.1, -0.05) is 0 Å². The number of hydrogen-bond acceptors (Lipinski definition) is 5. The lowest BCUT2D eigenvalue weighted by Crippen LogP contribution is -2.23. The van der Waals surface area contributed by atoms with Crippen LogP contribution in [0.4, 0.5) is 11.6 Å². The summed E-state index contributed by atoms with van der Waals surface area (Å²) in [6.07, 6.45) is 0.920. The number of rotatable bonds is 2. The highest BCUT2D eigenvalue weighted by Gasteiger charge is 2.16. The van der Waals surface area contributed by atoms with Gasteiger partial charge in [0.25, 0.3) is 5.56 Å². The summed E-state index contributed by atoms with van der Waals surface area (Å²) in [5, 5.41) is 3.67. The van der Waals surface area contributed by atoms with Gasteiger partial charge in [0.1, 0.15) is 0 Å². The van der Waals surface area contributed by atoms with Crippen LogP contribution in [0.25, 0.3) is 10.9 Å². The molecular weight excluding hydrogens is 232 g/mol. The number of hydrogen-bond donors (Lipinski definition) is 3. The first-order chi connectivity index (χ1) is 8.72. The zero-order valence-corrected chi connectivity index (χ0v) is 9.77. The van der Waals surface area contributed by atoms with E-state index in [1.165, 1.54) is 0 Å². The normalized spacial score (nSPS) is 19.2. The molecule has 1 aromatic heterocycles. The van der Waals surface area contributed by atoms with Gasteiger partial charge < -0.3 is 15.8 Å². The Morgan fingerprint density at radius 2 is 2.39 bits per heavy atom. The van der Waals surface area contributed by atoms with E-state index in [1.807, 2.05) is 0 Å². The number of nitrogen functional groups attached to an aromatic ring is 1. The minimum absolute atomic E-state index is 0.186. The maximum atomic E-state index is 11.9. The van der Waals surface area contributed by atoms with E-state index in [0.717, 1.165) is 13.0 Å². The van der Waals surface area contributed by atoms with Crippen molar-refractivity contribution in [2.24, 2.45) is 0 Å². The third-order valence-electron chi connectivity index (χ3n) is 3.00. The zero-order valence-electron chi connectivity index (χ0n) is 9.77. The molecule has 0 spiro atoms. The SMILES string of the molecule is Nc1ccc2nc(NC3CCOC3)[nH]c(=O)c2c1. The monoisotopic (exact) mass is 246 g/mol. The highest BCUT2D eigenvalue weighted by molar-refractivity contribution is 5.81. The molecule has 1 aliphatic heterocycles. The van der Waals surface area contributed by atoms with Crippen LogP contribution in [0, 0.1) is 0 Å². The summed E-state index contributed by atoms with van der Waals surface area (Å²) in [5.41, 5.74) is 6.65. The van der Waals surface area contributed by atoms with E-state index < -0.39 is 0 Å². The molecule has 6 heteroatoms. The number of nitrogens with zero attached hydrogens (tertiary/aromatic N) is 1. The molecule has 2 heterocycles. The van der Waals surface area contributed by atoms with Crippen molar-refractivity contribution in [1.82, 2.24) is 9.97 Å². The third-order valence-corrected chi connectivity index (χ3v) is 3.00. The number of H-pyrrole nitrogens is 1. The predicted octanol–water partition coefficient (Wildman–Crippen LogP) is 0.706. The molecular formula is C12H14N4O2. The standard InChI is InChI=1S/C12H14N4O2/c13-7-1-2-10-9(5-7)11(17)16-12(15-10)14-8-3-4-18-6-8/h1-2,5,8H,3-4,6,13H2,(H2,14,15,16,17). The molecule has 0 saturated carbocycles. The van der Waals surface area contributed by atoms with E-state index in [9.17, 15) is 4.79 Å². The van der Waals surface area contributed by atoms with Gasteiger partial charge in [-0.15, -0.1) is 0 Å². The molecule has 0 aliphatic carbocycles. The van der Waals surface area contributed by atoms with Crippen LogP contribution in [0.1, 0.15) is 6.42 Å². The number of aromatic nitrogens is 2. The van der Waals surface area contributed by atoms with Crippen LogP contribution >= 0.6 is 0 Å². The molecule has 4 N–H and O–H groups in total. The van der Waals surface area contributed by atoms with E-state index in [1.54, 1.807) is 18.2 Å². The molecule has 1 aromatic carbocycles. The van der Waals surface area contributed by atoms with Gasteiger partial charge in [-0.25, -0.2) is 4.98 Å². The quantitative estimate of drug-likeness (QED) is 0.678. The fraction of sp³-hybridized carbons (Fsp3) is 0.333. The molecule has 1 fully saturated rings. The topological polar surface area (TPSA) is 93.0 Å². The van der Waals surface area contributed by atoms with Crippen molar-refractivity contribution in [2.45, 2.75) is 12.5 Å². The minimum atomic E-state index is -0.186. The Labute approximate surface area is 103 Å². The van der Waals surface area contributed by atoms with Gasteiger partial charge in [0.05, 0.1) is 23.6 Å². The van der Waals surface area contributed by atoms with Gasteiger partial charge in [0.2, 0.25) is 5.95 Å². The molecule has 2 aromatic rings. The molecule has 0 amide bonds. The number of fused-ring (bicyclic) bond motifs is 1. The van der Waals surface area contributed by atoms with E-state index in [0.29, 0.717) is 29.1 Å². The first-order valence-electron chi connectivity index (χ1n) is 5.86. The van der Waals surface area contributed by atoms with Crippen LogP contribution in [0.3, 0.4) is 0 Å². The summed E-state index contributed by atoms with van der Waals surface area (Å²) < 4.78 is 5.26. The summed E-state index contributed by atoms with van der Waals surface area (Å²) >= 11 is 0. The summed E-state index contributed by atoms with van der Waals surface area (Å²) in [7, 11) is 0. The molecule has 1 aliphatic rings. The summed E-state index contributed by atoms with van der Waals surface area (Å²) in [6.45, 7) is 1.38. The second kappa shape index (κ2) is 4.30. The molecule has 1 unspecified atom stereocenters. The average molecular weight is 246 g/mol. The lowest BCUT2D eigenvalue weighted by Gasteiger charge is -2.11. The van der Waals surface area contributed by atoms with Crippen molar-refractivity contribution in [2.75, 3.05) is 24.3 Å². The summed E-state index contributed by atoms with van der Waals surface area (Å²) in [6, 6.07) is 5.32. The van der Waals surface area contributed by atoms with Crippen LogP contribution in [0.2, 0.25) is 0 Å². The molecule has 6 nitrogen and oxygen atoms in total. The molecule has 18 heavy (non-hydrogen) atoms. The number of anilines is 2. The Kier molecular flexibility index (Phi) is 2.64. The first-order valence-corrected chi connectivity index (χ1v) is 5.86. The number of nitrogens with one attached hydrogen (secondary N) is 2. The summed E-state index contributed by atoms with van der Waals surface area (Å²) in [4.78, 5) is 19.0. The number of ether oxygens (including phenoxy) is 1. The van der Waals surface area contributed by atoms with Crippen molar-refractivity contribution in [3.05, 3.63) is 28.6 Å². The Balaban J connectivity index is 1.99. The molecule has 1 atom stereocenters. The average Bonchev–Trinajstić information content (AvgIpc) is 2.83. The fourth-order valence-electron chi connectivity index (χ4n) is 2.07. The van der Waals surface area contributed by atoms with Gasteiger partial charge in [-0.2, -0.15) is 0 Å². The number of benzene rings is 1. The Bertz CT molecular complexity index is 632. The zero-order chi connectivity index (χ0) is 12.5. The molecule has 94 valence electrons. The van der Waals surface area contributed by atoms with Gasteiger partial charge in [-0.05, 0) is 24.6 Å². The van der Waals surface area contributed by atoms with Crippen molar-refractivity contribution in [1.29, 1.82) is 0 Å². The fourth-order valence-corrected chi connectivity index (χ4v) is 2.07. The van der Waals surface area contributed by atoms with Crippen LogP contribution in [-0.2, 0) is 4.74 Å². The van der Waals surface area contributed by atoms with Gasteiger partial charge >= 0.3 is 0 Å².